The monoisotopic (exact) mass is 584 g/mol. The van der Waals surface area contributed by atoms with Gasteiger partial charge in [0.05, 0.1) is 22.6 Å². The fourth-order valence-corrected chi connectivity index (χ4v) is 6.24. The fraction of sp³-hybridized carbons (Fsp3) is 0.212. The maximum Gasteiger partial charge on any atom is 0.335 e. The molecule has 0 spiro atoms. The maximum atomic E-state index is 13.8. The van der Waals surface area contributed by atoms with E-state index in [0.29, 0.717) is 29.0 Å². The molecule has 1 aliphatic rings. The minimum atomic E-state index is -3.95. The van der Waals surface area contributed by atoms with Gasteiger partial charge in [0.25, 0.3) is 5.91 Å². The van der Waals surface area contributed by atoms with E-state index in [4.69, 9.17) is 4.74 Å². The summed E-state index contributed by atoms with van der Waals surface area (Å²) >= 11 is 0. The zero-order valence-electron chi connectivity index (χ0n) is 23.2. The van der Waals surface area contributed by atoms with E-state index in [9.17, 15) is 23.1 Å². The van der Waals surface area contributed by atoms with Gasteiger partial charge in [0.2, 0.25) is 10.0 Å². The first-order chi connectivity index (χ1) is 20.2. The molecular weight excluding hydrogens is 552 g/mol. The van der Waals surface area contributed by atoms with Gasteiger partial charge in [0.15, 0.2) is 0 Å². The standard InChI is InChI=1S/C33H32N2O6S/c1-2-41-29-16-18-30(19-17-29)42(39,40)35(23-25-10-14-27(15-11-25)32(37)38)22-24-8-12-26(13-9-24)31(36)34-33(20-21-33)28-6-4-3-5-7-28/h3-19H,2,20-23H2,1H3,(H,34,36)(H,37,38). The highest BCUT2D eigenvalue weighted by Gasteiger charge is 2.45. The Kier molecular flexibility index (Phi) is 8.42. The molecule has 0 radical (unpaired) electrons. The van der Waals surface area contributed by atoms with Crippen molar-refractivity contribution in [2.75, 3.05) is 6.61 Å². The van der Waals surface area contributed by atoms with Crippen LogP contribution in [0, 0.1) is 0 Å². The summed E-state index contributed by atoms with van der Waals surface area (Å²) in [6.07, 6.45) is 1.76. The predicted octanol–water partition coefficient (Wildman–Crippen LogP) is 5.59. The van der Waals surface area contributed by atoms with E-state index in [-0.39, 0.29) is 35.0 Å². The number of hydrogen-bond acceptors (Lipinski definition) is 5. The van der Waals surface area contributed by atoms with Crippen LogP contribution in [0.15, 0.2) is 108 Å². The molecule has 4 aromatic rings. The normalized spacial score (nSPS) is 13.9. The van der Waals surface area contributed by atoms with Crippen LogP contribution in [0.1, 0.15) is 57.2 Å². The Hall–Kier alpha value is -4.47. The number of carbonyl (C=O) groups excluding carboxylic acids is 1. The van der Waals surface area contributed by atoms with Crippen molar-refractivity contribution in [1.29, 1.82) is 0 Å². The second-order valence-corrected chi connectivity index (χ2v) is 12.2. The fourth-order valence-electron chi connectivity index (χ4n) is 4.83. The molecular formula is C33H32N2O6S. The lowest BCUT2D eigenvalue weighted by molar-refractivity contribution is 0.0696. The van der Waals surface area contributed by atoms with Crippen molar-refractivity contribution < 1.29 is 27.9 Å². The first-order valence-electron chi connectivity index (χ1n) is 13.7. The number of carboxylic acids is 1. The van der Waals surface area contributed by atoms with Crippen molar-refractivity contribution in [3.63, 3.8) is 0 Å². The van der Waals surface area contributed by atoms with Gasteiger partial charge in [-0.1, -0.05) is 54.6 Å². The van der Waals surface area contributed by atoms with Gasteiger partial charge >= 0.3 is 5.97 Å². The van der Waals surface area contributed by atoms with E-state index in [2.05, 4.69) is 5.32 Å². The summed E-state index contributed by atoms with van der Waals surface area (Å²) in [6, 6.07) is 29.2. The smallest absolute Gasteiger partial charge is 0.335 e. The number of nitrogens with one attached hydrogen (secondary N) is 1. The lowest BCUT2D eigenvalue weighted by Gasteiger charge is -2.23. The molecule has 9 heteroatoms. The highest BCUT2D eigenvalue weighted by molar-refractivity contribution is 7.89. The summed E-state index contributed by atoms with van der Waals surface area (Å²) in [6.45, 7) is 2.39. The van der Waals surface area contributed by atoms with Crippen LogP contribution in [-0.2, 0) is 28.7 Å². The van der Waals surface area contributed by atoms with Crippen molar-refractivity contribution in [1.82, 2.24) is 9.62 Å². The van der Waals surface area contributed by atoms with Crippen LogP contribution in [0.2, 0.25) is 0 Å². The number of carbonyl (C=O) groups is 2. The number of sulfonamides is 1. The topological polar surface area (TPSA) is 113 Å². The number of rotatable bonds is 12. The van der Waals surface area contributed by atoms with E-state index in [0.717, 1.165) is 18.4 Å². The first kappa shape index (κ1) is 29.0. The highest BCUT2D eigenvalue weighted by Crippen LogP contribution is 2.45. The largest absolute Gasteiger partial charge is 0.494 e. The summed E-state index contributed by atoms with van der Waals surface area (Å²) in [7, 11) is -3.95. The number of carboxylic acid groups (broad SMARTS) is 1. The number of amides is 1. The predicted molar refractivity (Wildman–Crippen MR) is 159 cm³/mol. The summed E-state index contributed by atoms with van der Waals surface area (Å²) in [4.78, 5) is 24.5. The molecule has 4 aromatic carbocycles. The number of aromatic carboxylic acids is 1. The van der Waals surface area contributed by atoms with Crippen LogP contribution >= 0.6 is 0 Å². The third-order valence-electron chi connectivity index (χ3n) is 7.34. The molecule has 0 aromatic heterocycles. The van der Waals surface area contributed by atoms with Crippen LogP contribution in [0.4, 0.5) is 0 Å². The molecule has 1 aliphatic carbocycles. The van der Waals surface area contributed by atoms with Crippen LogP contribution in [0.3, 0.4) is 0 Å². The highest BCUT2D eigenvalue weighted by atomic mass is 32.2. The van der Waals surface area contributed by atoms with Gasteiger partial charge in [-0.2, -0.15) is 4.31 Å². The molecule has 2 N–H and O–H groups in total. The average Bonchev–Trinajstić information content (AvgIpc) is 3.79. The first-order valence-corrected chi connectivity index (χ1v) is 15.2. The van der Waals surface area contributed by atoms with Crippen molar-refractivity contribution in [3.8, 4) is 5.75 Å². The van der Waals surface area contributed by atoms with E-state index in [1.165, 1.54) is 28.6 Å². The SMILES string of the molecule is CCOc1ccc(S(=O)(=O)N(Cc2ccc(C(=O)O)cc2)Cc2ccc(C(=O)NC3(c4ccccc4)CC3)cc2)cc1. The lowest BCUT2D eigenvalue weighted by atomic mass is 10.0. The van der Waals surface area contributed by atoms with Crippen molar-refractivity contribution in [3.05, 3.63) is 131 Å². The van der Waals surface area contributed by atoms with Gasteiger partial charge in [0, 0.05) is 18.7 Å². The molecule has 5 rings (SSSR count). The van der Waals surface area contributed by atoms with E-state index in [1.54, 1.807) is 48.5 Å². The van der Waals surface area contributed by atoms with E-state index in [1.807, 2.05) is 37.3 Å². The van der Waals surface area contributed by atoms with Gasteiger partial charge in [-0.25, -0.2) is 13.2 Å². The molecule has 1 saturated carbocycles. The van der Waals surface area contributed by atoms with Gasteiger partial charge in [-0.3, -0.25) is 4.79 Å². The Morgan fingerprint density at radius 2 is 1.36 bits per heavy atom. The summed E-state index contributed by atoms with van der Waals surface area (Å²) < 4.78 is 34.4. The van der Waals surface area contributed by atoms with Crippen LogP contribution in [0.25, 0.3) is 0 Å². The Bertz CT molecular complexity index is 1650. The Morgan fingerprint density at radius 3 is 1.86 bits per heavy atom. The zero-order valence-corrected chi connectivity index (χ0v) is 24.0. The molecule has 0 unspecified atom stereocenters. The summed E-state index contributed by atoms with van der Waals surface area (Å²) in [5.41, 5.74) is 2.70. The zero-order chi connectivity index (χ0) is 29.7. The third-order valence-corrected chi connectivity index (χ3v) is 9.14. The van der Waals surface area contributed by atoms with E-state index >= 15 is 0 Å². The molecule has 1 fully saturated rings. The molecule has 0 saturated heterocycles. The number of nitrogens with zero attached hydrogens (tertiary/aromatic N) is 1. The lowest BCUT2D eigenvalue weighted by Crippen LogP contribution is -2.34. The van der Waals surface area contributed by atoms with Crippen LogP contribution < -0.4 is 10.1 Å². The Labute approximate surface area is 245 Å². The quantitative estimate of drug-likeness (QED) is 0.224. The molecule has 8 nitrogen and oxygen atoms in total. The average molecular weight is 585 g/mol. The molecule has 0 heterocycles. The van der Waals surface area contributed by atoms with Gasteiger partial charge < -0.3 is 15.2 Å². The van der Waals surface area contributed by atoms with Crippen molar-refractivity contribution >= 4 is 21.9 Å². The van der Waals surface area contributed by atoms with Gasteiger partial charge in [-0.05, 0) is 85.0 Å². The molecule has 42 heavy (non-hydrogen) atoms. The number of hydrogen-bond donors (Lipinski definition) is 2. The Balaban J connectivity index is 1.36. The number of benzene rings is 4. The second-order valence-electron chi connectivity index (χ2n) is 10.3. The van der Waals surface area contributed by atoms with E-state index < -0.39 is 16.0 Å². The second kappa shape index (κ2) is 12.2. The minimum Gasteiger partial charge on any atom is -0.494 e. The van der Waals surface area contributed by atoms with Crippen molar-refractivity contribution in [2.24, 2.45) is 0 Å². The summed E-state index contributed by atoms with van der Waals surface area (Å²) in [5.74, 6) is -0.664. The molecule has 0 bridgehead atoms. The minimum absolute atomic E-state index is 0.0251. The Morgan fingerprint density at radius 1 is 0.810 bits per heavy atom. The number of ether oxygens (including phenoxy) is 1. The van der Waals surface area contributed by atoms with Crippen LogP contribution in [-0.4, -0.2) is 36.3 Å². The molecule has 0 aliphatic heterocycles. The van der Waals surface area contributed by atoms with Crippen LogP contribution in [0.5, 0.6) is 5.75 Å². The molecule has 216 valence electrons. The molecule has 0 atom stereocenters. The maximum absolute atomic E-state index is 13.8. The molecule has 1 amide bonds. The van der Waals surface area contributed by atoms with Gasteiger partial charge in [0.1, 0.15) is 5.75 Å². The summed E-state index contributed by atoms with van der Waals surface area (Å²) in [5, 5.41) is 12.4. The third kappa shape index (κ3) is 6.53. The van der Waals surface area contributed by atoms with Crippen molar-refractivity contribution in [2.45, 2.75) is 43.3 Å². The van der Waals surface area contributed by atoms with Gasteiger partial charge in [-0.15, -0.1) is 0 Å².